The molecule has 3 aromatic rings. The Hall–Kier alpha value is -7.89. The number of aromatic nitrogens is 1. The second-order valence-corrected chi connectivity index (χ2v) is 21.9. The molecular weight excluding hydrogens is 1060 g/mol. The average Bonchev–Trinajstić information content (AvgIpc) is 4.33. The lowest BCUT2D eigenvalue weighted by molar-refractivity contribution is -0.498. The van der Waals surface area contributed by atoms with E-state index in [2.05, 4.69) is 31.9 Å². The standard InChI is InChI=1S/C55H69ClN10O14/c1-7-15-32-22-42-55(74)80-31(6)47(62-49(68)37(23-35-25-40(35)65(76)77)57-50(69)39-20-21-43(56)64(39)75)53(72)61-45(29(4)33-16-11-9-12-17-33)51(70)58-38(24-36-26-41(36)66(78)79)48(67)60-46(30(5)34-18-13-10-14-19-34)52(71)59-44(28(3)8-2)54(73)63(42)27-32/h7,9-21,28-32,35-38,40-42,44-47,75H,8,22-27H2,1-6H3,(H,57,69)(H,58,70)(H,59,71)(H,60,67)(H,61,72)(H,62,68)/b15-7-. The fraction of sp³-hybridized carbons (Fsp3) is 0.527. The van der Waals surface area contributed by atoms with Crippen LogP contribution in [0.5, 0.6) is 0 Å². The van der Waals surface area contributed by atoms with E-state index < -0.39 is 159 Å². The molecule has 24 nitrogen and oxygen atoms in total. The first-order valence-corrected chi connectivity index (χ1v) is 27.3. The maximum atomic E-state index is 15.2. The van der Waals surface area contributed by atoms with Crippen molar-refractivity contribution in [2.24, 2.45) is 23.7 Å². The summed E-state index contributed by atoms with van der Waals surface area (Å²) in [6, 6.07) is 6.69. The molecule has 7 amide bonds. The zero-order valence-corrected chi connectivity index (χ0v) is 45.9. The molecule has 4 aliphatic rings. The minimum Gasteiger partial charge on any atom is -0.458 e. The number of ether oxygens (including phenoxy) is 1. The molecule has 4 fully saturated rings. The van der Waals surface area contributed by atoms with Gasteiger partial charge in [0, 0.05) is 52.9 Å². The molecular formula is C55H69ClN10O14. The number of nitrogens with zero attached hydrogens (tertiary/aromatic N) is 4. The van der Waals surface area contributed by atoms with E-state index >= 15 is 14.4 Å². The van der Waals surface area contributed by atoms with E-state index in [-0.39, 0.29) is 43.8 Å². The van der Waals surface area contributed by atoms with Crippen LogP contribution in [0.1, 0.15) is 114 Å². The van der Waals surface area contributed by atoms with Crippen LogP contribution < -0.4 is 31.9 Å². The highest BCUT2D eigenvalue weighted by Gasteiger charge is 2.52. The van der Waals surface area contributed by atoms with E-state index in [4.69, 9.17) is 16.3 Å². The number of fused-ring (bicyclic) bond motifs is 1. The van der Waals surface area contributed by atoms with Gasteiger partial charge in [-0.05, 0) is 68.2 Å². The fourth-order valence-corrected chi connectivity index (χ4v) is 10.8. The highest BCUT2D eigenvalue weighted by atomic mass is 35.5. The summed E-state index contributed by atoms with van der Waals surface area (Å²) in [5, 5.41) is 50.1. The summed E-state index contributed by atoms with van der Waals surface area (Å²) in [4.78, 5) is 142. The van der Waals surface area contributed by atoms with E-state index in [1.165, 1.54) is 17.9 Å². The number of halogens is 1. The van der Waals surface area contributed by atoms with Gasteiger partial charge in [0.05, 0.1) is 0 Å². The van der Waals surface area contributed by atoms with Crippen LogP contribution >= 0.6 is 11.6 Å². The quantitative estimate of drug-likeness (QED) is 0.0335. The summed E-state index contributed by atoms with van der Waals surface area (Å²) in [6.45, 7) is 9.88. The Morgan fingerprint density at radius 1 is 0.787 bits per heavy atom. The Morgan fingerprint density at radius 2 is 1.34 bits per heavy atom. The van der Waals surface area contributed by atoms with E-state index in [1.807, 2.05) is 0 Å². The van der Waals surface area contributed by atoms with Gasteiger partial charge >= 0.3 is 5.97 Å². The number of amides is 7. The van der Waals surface area contributed by atoms with Gasteiger partial charge in [-0.15, -0.1) is 0 Å². The predicted octanol–water partition coefficient (Wildman–Crippen LogP) is 3.40. The topological polar surface area (TPSA) is 333 Å². The number of nitrogens with one attached hydrogen (secondary N) is 6. The number of rotatable bonds is 17. The number of allylic oxidation sites excluding steroid dienone is 1. The molecule has 2 saturated heterocycles. The molecule has 2 aromatic carbocycles. The lowest BCUT2D eigenvalue weighted by atomic mass is 9.90. The monoisotopic (exact) mass is 1130 g/mol. The Kier molecular flexibility index (Phi) is 19.4. The van der Waals surface area contributed by atoms with Crippen molar-refractivity contribution < 1.29 is 58.1 Å². The zero-order valence-electron chi connectivity index (χ0n) is 45.2. The second kappa shape index (κ2) is 25.9. The Labute approximate surface area is 466 Å². The molecule has 2 aliphatic carbocycles. The number of benzene rings is 2. The summed E-state index contributed by atoms with van der Waals surface area (Å²) in [5.41, 5.74) is 0.721. The molecule has 7 rings (SSSR count). The van der Waals surface area contributed by atoms with Crippen LogP contribution in [-0.4, -0.2) is 139 Å². The van der Waals surface area contributed by atoms with Crippen molar-refractivity contribution in [2.75, 3.05) is 6.54 Å². The smallest absolute Gasteiger partial charge is 0.329 e. The van der Waals surface area contributed by atoms with Gasteiger partial charge in [0.25, 0.3) is 5.91 Å². The summed E-state index contributed by atoms with van der Waals surface area (Å²) in [6.07, 6.45) is 1.86. The number of hydrogen-bond donors (Lipinski definition) is 7. The summed E-state index contributed by atoms with van der Waals surface area (Å²) >= 11 is 5.98. The van der Waals surface area contributed by atoms with Crippen LogP contribution in [0.3, 0.4) is 0 Å². The first kappa shape index (κ1) is 59.8. The SMILES string of the molecule is C/C=C\C1CC2C(=O)OC(C)C(NC(=O)C(CC3CC3[N+](=O)[O-])NC(=O)c3ccc(Cl)n3O)C(=O)NC(C(C)c3ccccc3)C(=O)NC(CC3CC3[N+](=O)[O-])C(=O)NC(C(C)c3ccccc3)C(=O)NC(C(C)CC)C(=O)N2C1. The van der Waals surface area contributed by atoms with Crippen molar-refractivity contribution >= 4 is 58.9 Å². The molecule has 2 aliphatic heterocycles. The number of cyclic esters (lactones) is 1. The summed E-state index contributed by atoms with van der Waals surface area (Å²) in [7, 11) is 0. The van der Waals surface area contributed by atoms with Gasteiger partial charge in [0.1, 0.15) is 59.2 Å². The van der Waals surface area contributed by atoms with Crippen molar-refractivity contribution in [1.82, 2.24) is 41.5 Å². The molecule has 16 unspecified atom stereocenters. The molecule has 80 heavy (non-hydrogen) atoms. The molecule has 7 N–H and O–H groups in total. The maximum Gasteiger partial charge on any atom is 0.329 e. The second-order valence-electron chi connectivity index (χ2n) is 21.5. The fourth-order valence-electron chi connectivity index (χ4n) is 10.7. The number of nitro groups is 2. The van der Waals surface area contributed by atoms with Crippen molar-refractivity contribution in [3.05, 3.63) is 127 Å². The lowest BCUT2D eigenvalue weighted by Crippen LogP contribution is -2.62. The molecule has 0 radical (unpaired) electrons. The Bertz CT molecular complexity index is 2850. The van der Waals surface area contributed by atoms with Gasteiger partial charge in [-0.25, -0.2) is 4.79 Å². The Morgan fingerprint density at radius 3 is 1.86 bits per heavy atom. The molecule has 16 atom stereocenters. The Balaban J connectivity index is 1.33. The third-order valence-corrected chi connectivity index (χ3v) is 16.3. The van der Waals surface area contributed by atoms with Crippen molar-refractivity contribution in [3.63, 3.8) is 0 Å². The molecule has 0 bridgehead atoms. The van der Waals surface area contributed by atoms with Gasteiger partial charge in [0.2, 0.25) is 47.5 Å². The highest BCUT2D eigenvalue weighted by Crippen LogP contribution is 2.39. The molecule has 3 heterocycles. The number of carbonyl (C=O) groups excluding carboxylic acids is 8. The van der Waals surface area contributed by atoms with Gasteiger partial charge in [-0.1, -0.05) is 119 Å². The van der Waals surface area contributed by atoms with Gasteiger partial charge in [-0.3, -0.25) is 53.8 Å². The van der Waals surface area contributed by atoms with Crippen molar-refractivity contribution in [1.29, 1.82) is 0 Å². The van der Waals surface area contributed by atoms with Crippen LogP contribution in [0, 0.1) is 43.9 Å². The van der Waals surface area contributed by atoms with Crippen molar-refractivity contribution in [2.45, 2.75) is 152 Å². The third kappa shape index (κ3) is 14.1. The van der Waals surface area contributed by atoms with E-state index in [0.29, 0.717) is 22.3 Å². The summed E-state index contributed by atoms with van der Waals surface area (Å²) in [5.74, 6) is -11.6. The van der Waals surface area contributed by atoms with Crippen LogP contribution in [0.25, 0.3) is 0 Å². The third-order valence-electron chi connectivity index (χ3n) is 16.0. The lowest BCUT2D eigenvalue weighted by Gasteiger charge is -2.34. The minimum absolute atomic E-state index is 0.00168. The normalized spacial score (nSPS) is 29.1. The summed E-state index contributed by atoms with van der Waals surface area (Å²) < 4.78 is 6.43. The zero-order chi connectivity index (χ0) is 58.3. The molecule has 1 aromatic heterocycles. The molecule has 430 valence electrons. The van der Waals surface area contributed by atoms with Crippen LogP contribution in [0.2, 0.25) is 5.15 Å². The average molecular weight is 1130 g/mol. The van der Waals surface area contributed by atoms with E-state index in [0.717, 1.165) is 6.07 Å². The van der Waals surface area contributed by atoms with Gasteiger partial charge < -0.3 is 46.7 Å². The molecule has 0 spiro atoms. The molecule has 25 heteroatoms. The largest absolute Gasteiger partial charge is 0.458 e. The van der Waals surface area contributed by atoms with E-state index in [1.54, 1.807) is 107 Å². The van der Waals surface area contributed by atoms with Gasteiger partial charge in [-0.2, -0.15) is 4.73 Å². The number of carbonyl (C=O) groups is 8. The first-order valence-electron chi connectivity index (χ1n) is 26.9. The minimum atomic E-state index is -1.93. The number of hydrogen-bond acceptors (Lipinski definition) is 14. The number of esters is 1. The first-order chi connectivity index (χ1) is 38.0. The molecule has 2 saturated carbocycles. The van der Waals surface area contributed by atoms with Crippen LogP contribution in [0.15, 0.2) is 84.9 Å². The van der Waals surface area contributed by atoms with Crippen LogP contribution in [0.4, 0.5) is 0 Å². The van der Waals surface area contributed by atoms with Crippen molar-refractivity contribution in [3.8, 4) is 0 Å². The van der Waals surface area contributed by atoms with Crippen LogP contribution in [-0.2, 0) is 38.3 Å². The van der Waals surface area contributed by atoms with E-state index in [9.17, 15) is 49.4 Å². The van der Waals surface area contributed by atoms with Gasteiger partial charge in [0.15, 0.2) is 0 Å². The highest BCUT2D eigenvalue weighted by molar-refractivity contribution is 6.30. The predicted molar refractivity (Wildman–Crippen MR) is 288 cm³/mol. The maximum absolute atomic E-state index is 15.2.